The molecule has 3 N–H and O–H groups in total. The average molecular weight is 320 g/mol. The van der Waals surface area contributed by atoms with Crippen molar-refractivity contribution in [1.82, 2.24) is 4.72 Å². The maximum Gasteiger partial charge on any atom is 0.232 e. The number of hydrogen-bond acceptors (Lipinski definition) is 3. The average Bonchev–Trinajstić information content (AvgIpc) is 2.43. The lowest BCUT2D eigenvalue weighted by atomic mass is 10.1. The molecule has 0 aromatic heterocycles. The number of carbonyl (C=O) groups is 1. The van der Waals surface area contributed by atoms with Crippen LogP contribution in [0, 0.1) is 0 Å². The van der Waals surface area contributed by atoms with Crippen LogP contribution < -0.4 is 10.5 Å². The predicted molar refractivity (Wildman–Crippen MR) is 87.4 cm³/mol. The molecule has 0 aromatic carbocycles. The smallest absolute Gasteiger partial charge is 0.232 e. The summed E-state index contributed by atoms with van der Waals surface area (Å²) in [4.78, 5) is 10.5. The number of amides is 1. The molecule has 0 unspecified atom stereocenters. The summed E-state index contributed by atoms with van der Waals surface area (Å²) in [5, 5.41) is 0. The molecule has 5 nitrogen and oxygen atoms in total. The van der Waals surface area contributed by atoms with Crippen molar-refractivity contribution in [3.8, 4) is 0 Å². The van der Waals surface area contributed by atoms with E-state index in [0.717, 1.165) is 12.8 Å². The van der Waals surface area contributed by atoms with Gasteiger partial charge in [-0.15, -0.1) is 0 Å². The molecular weight excluding hydrogens is 288 g/mol. The minimum Gasteiger partial charge on any atom is -0.369 e. The highest BCUT2D eigenvalue weighted by Gasteiger charge is 2.10. The topological polar surface area (TPSA) is 89.3 Å². The van der Waals surface area contributed by atoms with Crippen LogP contribution in [0.25, 0.3) is 0 Å². The Bertz CT molecular complexity index is 356. The predicted octanol–water partition coefficient (Wildman–Crippen LogP) is 2.70. The molecule has 0 aliphatic heterocycles. The number of hydrogen-bond donors (Lipinski definition) is 2. The van der Waals surface area contributed by atoms with Crippen molar-refractivity contribution in [3.05, 3.63) is 0 Å². The zero-order valence-electron chi connectivity index (χ0n) is 13.4. The maximum absolute atomic E-state index is 11.5. The fourth-order valence-electron chi connectivity index (χ4n) is 2.21. The highest BCUT2D eigenvalue weighted by molar-refractivity contribution is 7.89. The summed E-state index contributed by atoms with van der Waals surface area (Å²) in [6.45, 7) is 1.92. The number of sulfonamides is 1. The zero-order chi connectivity index (χ0) is 16.0. The van der Waals surface area contributed by atoms with Gasteiger partial charge in [0.25, 0.3) is 0 Å². The Hall–Kier alpha value is -0.620. The SMILES string of the molecule is CCCCCCCCCCCCCS(=O)(=O)NCC(N)=O. The lowest BCUT2D eigenvalue weighted by Crippen LogP contribution is -2.34. The van der Waals surface area contributed by atoms with Crippen molar-refractivity contribution in [1.29, 1.82) is 0 Å². The maximum atomic E-state index is 11.5. The molecule has 1 amide bonds. The molecule has 0 saturated carbocycles. The van der Waals surface area contributed by atoms with Gasteiger partial charge in [-0.3, -0.25) is 4.79 Å². The molecule has 0 rings (SSSR count). The number of rotatable bonds is 15. The molecule has 126 valence electrons. The molecule has 0 aliphatic carbocycles. The number of nitrogens with one attached hydrogen (secondary N) is 1. The third-order valence-corrected chi connectivity index (χ3v) is 4.89. The molecular formula is C15H32N2O3S. The second-order valence-corrected chi connectivity index (χ2v) is 7.57. The fraction of sp³-hybridized carbons (Fsp3) is 0.933. The van der Waals surface area contributed by atoms with Crippen LogP contribution in [0.15, 0.2) is 0 Å². The number of carbonyl (C=O) groups excluding carboxylic acids is 1. The van der Waals surface area contributed by atoms with Gasteiger partial charge in [-0.1, -0.05) is 71.1 Å². The summed E-state index contributed by atoms with van der Waals surface area (Å²) in [7, 11) is -3.34. The van der Waals surface area contributed by atoms with E-state index in [-0.39, 0.29) is 12.3 Å². The van der Waals surface area contributed by atoms with Crippen LogP contribution in [0.5, 0.6) is 0 Å². The molecule has 0 saturated heterocycles. The van der Waals surface area contributed by atoms with E-state index in [4.69, 9.17) is 5.73 Å². The first-order valence-electron chi connectivity index (χ1n) is 8.23. The van der Waals surface area contributed by atoms with E-state index in [1.165, 1.54) is 51.4 Å². The van der Waals surface area contributed by atoms with Crippen molar-refractivity contribution in [3.63, 3.8) is 0 Å². The van der Waals surface area contributed by atoms with Crippen LogP contribution >= 0.6 is 0 Å². The van der Waals surface area contributed by atoms with Crippen molar-refractivity contribution < 1.29 is 13.2 Å². The third-order valence-electron chi connectivity index (χ3n) is 3.48. The van der Waals surface area contributed by atoms with E-state index in [0.29, 0.717) is 6.42 Å². The molecule has 0 radical (unpaired) electrons. The molecule has 0 aliphatic rings. The van der Waals surface area contributed by atoms with Gasteiger partial charge in [0, 0.05) is 0 Å². The van der Waals surface area contributed by atoms with Crippen molar-refractivity contribution in [2.45, 2.75) is 77.6 Å². The Kier molecular flexibility index (Phi) is 12.7. The Balaban J connectivity index is 3.33. The van der Waals surface area contributed by atoms with Crippen LogP contribution in [-0.4, -0.2) is 26.6 Å². The Morgan fingerprint density at radius 3 is 1.71 bits per heavy atom. The van der Waals surface area contributed by atoms with Gasteiger partial charge >= 0.3 is 0 Å². The van der Waals surface area contributed by atoms with Crippen LogP contribution in [0.3, 0.4) is 0 Å². The molecule has 0 aromatic rings. The Labute approximate surface area is 130 Å². The molecule has 0 fully saturated rings. The molecule has 6 heteroatoms. The number of primary amides is 1. The highest BCUT2D eigenvalue weighted by atomic mass is 32.2. The zero-order valence-corrected chi connectivity index (χ0v) is 14.2. The van der Waals surface area contributed by atoms with E-state index in [2.05, 4.69) is 11.6 Å². The number of nitrogens with two attached hydrogens (primary N) is 1. The van der Waals surface area contributed by atoms with Crippen LogP contribution in [0.4, 0.5) is 0 Å². The monoisotopic (exact) mass is 320 g/mol. The summed E-state index contributed by atoms with van der Waals surface area (Å²) in [5.41, 5.74) is 4.89. The molecule has 0 bridgehead atoms. The molecule has 21 heavy (non-hydrogen) atoms. The summed E-state index contributed by atoms with van der Waals surface area (Å²) in [5.74, 6) is -0.574. The number of unbranched alkanes of at least 4 members (excludes halogenated alkanes) is 10. The summed E-state index contributed by atoms with van der Waals surface area (Å²) in [6.07, 6.45) is 13.0. The van der Waals surface area contributed by atoms with E-state index in [1.54, 1.807) is 0 Å². The Morgan fingerprint density at radius 1 is 0.857 bits per heavy atom. The summed E-state index contributed by atoms with van der Waals surface area (Å²) < 4.78 is 25.1. The van der Waals surface area contributed by atoms with Gasteiger partial charge in [0.1, 0.15) is 0 Å². The van der Waals surface area contributed by atoms with Gasteiger partial charge in [0.05, 0.1) is 12.3 Å². The third kappa shape index (κ3) is 15.6. The fourth-order valence-corrected chi connectivity index (χ4v) is 3.30. The van der Waals surface area contributed by atoms with Gasteiger partial charge in [-0.2, -0.15) is 0 Å². The quantitative estimate of drug-likeness (QED) is 0.455. The minimum atomic E-state index is -3.34. The minimum absolute atomic E-state index is 0.0807. The largest absolute Gasteiger partial charge is 0.369 e. The lowest BCUT2D eigenvalue weighted by Gasteiger charge is -2.05. The van der Waals surface area contributed by atoms with E-state index >= 15 is 0 Å². The first-order chi connectivity index (χ1) is 9.98. The standard InChI is InChI=1S/C15H32N2O3S/c1-2-3-4-5-6-7-8-9-10-11-12-13-21(19,20)17-14-15(16)18/h17H,2-14H2,1H3,(H2,16,18). The second-order valence-electron chi connectivity index (χ2n) is 5.64. The first kappa shape index (κ1) is 20.4. The normalized spacial score (nSPS) is 11.7. The molecule has 0 spiro atoms. The van der Waals surface area contributed by atoms with Gasteiger partial charge in [0.15, 0.2) is 0 Å². The molecule has 0 heterocycles. The van der Waals surface area contributed by atoms with Gasteiger partial charge < -0.3 is 5.73 Å². The Morgan fingerprint density at radius 2 is 1.29 bits per heavy atom. The van der Waals surface area contributed by atoms with E-state index in [9.17, 15) is 13.2 Å². The van der Waals surface area contributed by atoms with Crippen LogP contribution in [0.1, 0.15) is 77.6 Å². The van der Waals surface area contributed by atoms with Gasteiger partial charge in [0.2, 0.25) is 15.9 Å². The second kappa shape index (κ2) is 13.1. The first-order valence-corrected chi connectivity index (χ1v) is 9.89. The van der Waals surface area contributed by atoms with Crippen molar-refractivity contribution in [2.75, 3.05) is 12.3 Å². The van der Waals surface area contributed by atoms with Crippen molar-refractivity contribution >= 4 is 15.9 Å². The van der Waals surface area contributed by atoms with Crippen LogP contribution in [0.2, 0.25) is 0 Å². The highest BCUT2D eigenvalue weighted by Crippen LogP contribution is 2.11. The summed E-state index contributed by atoms with van der Waals surface area (Å²) >= 11 is 0. The lowest BCUT2D eigenvalue weighted by molar-refractivity contribution is -0.116. The van der Waals surface area contributed by atoms with E-state index in [1.807, 2.05) is 0 Å². The summed E-state index contributed by atoms with van der Waals surface area (Å²) in [6, 6.07) is 0. The van der Waals surface area contributed by atoms with Crippen LogP contribution in [-0.2, 0) is 14.8 Å². The van der Waals surface area contributed by atoms with Crippen molar-refractivity contribution in [2.24, 2.45) is 5.73 Å². The van der Waals surface area contributed by atoms with Gasteiger partial charge in [-0.05, 0) is 6.42 Å². The molecule has 0 atom stereocenters. The van der Waals surface area contributed by atoms with Gasteiger partial charge in [-0.25, -0.2) is 13.1 Å². The van der Waals surface area contributed by atoms with E-state index < -0.39 is 15.9 Å².